The van der Waals surface area contributed by atoms with Crippen LogP contribution in [0.25, 0.3) is 22.3 Å². The minimum absolute atomic E-state index is 0.0578. The highest BCUT2D eigenvalue weighted by molar-refractivity contribution is 7.99. The molecule has 0 aliphatic carbocycles. The van der Waals surface area contributed by atoms with Crippen molar-refractivity contribution in [2.75, 3.05) is 10.6 Å². The lowest BCUT2D eigenvalue weighted by Gasteiger charge is -2.16. The van der Waals surface area contributed by atoms with Gasteiger partial charge in [-0.15, -0.1) is 0 Å². The molecule has 0 fully saturated rings. The maximum atomic E-state index is 12.8. The number of phenols is 2. The number of amides is 2. The third-order valence-electron chi connectivity index (χ3n) is 7.44. The molecule has 51 heavy (non-hydrogen) atoms. The van der Waals surface area contributed by atoms with Gasteiger partial charge in [0.2, 0.25) is 0 Å². The van der Waals surface area contributed by atoms with Crippen LogP contribution in [0.4, 0.5) is 21.0 Å². The van der Waals surface area contributed by atoms with Crippen LogP contribution in [-0.4, -0.2) is 35.0 Å². The molecule has 0 aliphatic heterocycles. The van der Waals surface area contributed by atoms with Crippen molar-refractivity contribution in [3.63, 3.8) is 0 Å². The number of rotatable bonds is 10. The third-order valence-corrected chi connectivity index (χ3v) is 8.59. The first-order chi connectivity index (χ1) is 24.8. The SMILES string of the molecule is O=Cc1ccc(OC(=O)Nc2ccc(Sc3ccc(NC(=O)Oc4ccc(C=O)cc4)cc3-c3cccc(O)c3)c(-c3cccc(O)c3)c2)cc1. The van der Waals surface area contributed by atoms with Crippen molar-refractivity contribution in [2.24, 2.45) is 0 Å². The van der Waals surface area contributed by atoms with Crippen molar-refractivity contribution >= 4 is 47.9 Å². The lowest BCUT2D eigenvalue weighted by atomic mass is 10.0. The number of hydrogen-bond acceptors (Lipinski definition) is 9. The highest BCUT2D eigenvalue weighted by Gasteiger charge is 2.16. The van der Waals surface area contributed by atoms with E-state index in [-0.39, 0.29) is 23.0 Å². The van der Waals surface area contributed by atoms with Gasteiger partial charge in [0.05, 0.1) is 0 Å². The van der Waals surface area contributed by atoms with Crippen LogP contribution in [0.3, 0.4) is 0 Å². The predicted octanol–water partition coefficient (Wildman–Crippen LogP) is 9.43. The van der Waals surface area contributed by atoms with Gasteiger partial charge in [-0.3, -0.25) is 20.2 Å². The normalized spacial score (nSPS) is 10.5. The molecule has 252 valence electrons. The molecule has 4 N–H and O–H groups in total. The highest BCUT2D eigenvalue weighted by Crippen LogP contribution is 2.43. The number of hydrogen-bond donors (Lipinski definition) is 4. The van der Waals surface area contributed by atoms with Gasteiger partial charge < -0.3 is 19.7 Å². The van der Waals surface area contributed by atoms with Crippen molar-refractivity contribution in [2.45, 2.75) is 9.79 Å². The zero-order chi connectivity index (χ0) is 35.7. The first kappa shape index (κ1) is 34.0. The number of carbonyl (C=O) groups excluding carboxylic acids is 4. The number of benzene rings is 6. The summed E-state index contributed by atoms with van der Waals surface area (Å²) in [5.74, 6) is 0.639. The summed E-state index contributed by atoms with van der Waals surface area (Å²) in [7, 11) is 0. The summed E-state index contributed by atoms with van der Waals surface area (Å²) >= 11 is 1.40. The summed E-state index contributed by atoms with van der Waals surface area (Å²) in [6.07, 6.45) is -0.0789. The fraction of sp³-hybridized carbons (Fsp3) is 0. The van der Waals surface area contributed by atoms with Gasteiger partial charge in [-0.05, 0) is 131 Å². The maximum Gasteiger partial charge on any atom is 0.417 e. The Labute approximate surface area is 296 Å². The summed E-state index contributed by atoms with van der Waals surface area (Å²) in [5.41, 5.74) is 4.51. The van der Waals surface area contributed by atoms with Gasteiger partial charge in [0.1, 0.15) is 35.6 Å². The molecule has 0 atom stereocenters. The highest BCUT2D eigenvalue weighted by atomic mass is 32.2. The number of anilines is 2. The molecule has 0 spiro atoms. The summed E-state index contributed by atoms with van der Waals surface area (Å²) in [6, 6.07) is 36.2. The summed E-state index contributed by atoms with van der Waals surface area (Å²) in [6.45, 7) is 0. The number of aldehydes is 2. The van der Waals surface area contributed by atoms with Gasteiger partial charge in [-0.1, -0.05) is 36.0 Å². The van der Waals surface area contributed by atoms with Crippen LogP contribution in [0.2, 0.25) is 0 Å². The summed E-state index contributed by atoms with van der Waals surface area (Å²) < 4.78 is 10.8. The number of aromatic hydroxyl groups is 2. The zero-order valence-corrected chi connectivity index (χ0v) is 27.4. The standard InChI is InChI=1S/C40H28N2O8S/c43-23-25-7-13-33(14-8-25)49-39(47)41-29-11-17-37(35(21-29)27-3-1-5-31(45)19-27)51-38-18-12-30(22-36(38)28-4-2-6-32(46)20-28)42-40(48)50-34-15-9-26(24-44)10-16-34/h1-24,45-46H,(H,41,47)(H,42,48). The minimum atomic E-state index is -0.734. The van der Waals surface area contributed by atoms with Crippen LogP contribution < -0.4 is 20.1 Å². The van der Waals surface area contributed by atoms with Crippen LogP contribution in [0.15, 0.2) is 143 Å². The van der Waals surface area contributed by atoms with E-state index in [2.05, 4.69) is 10.6 Å². The fourth-order valence-corrected chi connectivity index (χ4v) is 6.12. The Kier molecular flexibility index (Phi) is 10.4. The first-order valence-electron chi connectivity index (χ1n) is 15.4. The van der Waals surface area contributed by atoms with E-state index < -0.39 is 12.2 Å². The van der Waals surface area contributed by atoms with Crippen LogP contribution in [0, 0.1) is 0 Å². The number of carbonyl (C=O) groups is 4. The Morgan fingerprint density at radius 1 is 0.529 bits per heavy atom. The van der Waals surface area contributed by atoms with E-state index in [1.807, 2.05) is 24.3 Å². The van der Waals surface area contributed by atoms with E-state index in [0.717, 1.165) is 9.79 Å². The van der Waals surface area contributed by atoms with E-state index >= 15 is 0 Å². The van der Waals surface area contributed by atoms with Crippen molar-refractivity contribution < 1.29 is 38.9 Å². The summed E-state index contributed by atoms with van der Waals surface area (Å²) in [4.78, 5) is 49.0. The Morgan fingerprint density at radius 2 is 0.941 bits per heavy atom. The summed E-state index contributed by atoms with van der Waals surface area (Å²) in [5, 5.41) is 26.1. The molecular weight excluding hydrogens is 669 g/mol. The molecule has 0 aromatic heterocycles. The first-order valence-corrected chi connectivity index (χ1v) is 16.2. The van der Waals surface area contributed by atoms with E-state index in [1.165, 1.54) is 60.3 Å². The van der Waals surface area contributed by atoms with Crippen LogP contribution in [0.5, 0.6) is 23.0 Å². The molecule has 11 heteroatoms. The Morgan fingerprint density at radius 3 is 1.31 bits per heavy atom. The number of phenolic OH excluding ortho intramolecular Hbond substituents is 2. The Hall–Kier alpha value is -6.85. The van der Waals surface area contributed by atoms with Crippen molar-refractivity contribution in [3.8, 4) is 45.3 Å². The van der Waals surface area contributed by atoms with Gasteiger partial charge >= 0.3 is 12.2 Å². The Bertz CT molecular complexity index is 2080. The molecule has 6 aromatic rings. The quantitative estimate of drug-likeness (QED) is 0.103. The van der Waals surface area contributed by atoms with Crippen LogP contribution in [-0.2, 0) is 0 Å². The maximum absolute atomic E-state index is 12.8. The third kappa shape index (κ3) is 8.79. The van der Waals surface area contributed by atoms with Gasteiger partial charge in [-0.2, -0.15) is 0 Å². The molecule has 0 unspecified atom stereocenters. The van der Waals surface area contributed by atoms with Crippen LogP contribution in [0.1, 0.15) is 20.7 Å². The van der Waals surface area contributed by atoms with E-state index in [4.69, 9.17) is 9.47 Å². The van der Waals surface area contributed by atoms with Gasteiger partial charge in [-0.25, -0.2) is 9.59 Å². The van der Waals surface area contributed by atoms with E-state index in [0.29, 0.717) is 57.3 Å². The topological polar surface area (TPSA) is 151 Å². The minimum Gasteiger partial charge on any atom is -0.508 e. The molecule has 0 heterocycles. The molecule has 0 saturated heterocycles. The van der Waals surface area contributed by atoms with Crippen LogP contribution >= 0.6 is 11.8 Å². The smallest absolute Gasteiger partial charge is 0.417 e. The second-order valence-electron chi connectivity index (χ2n) is 11.0. The van der Waals surface area contributed by atoms with Gasteiger partial charge in [0, 0.05) is 32.3 Å². The average Bonchev–Trinajstić information content (AvgIpc) is 3.13. The molecule has 6 rings (SSSR count). The second kappa shape index (κ2) is 15.6. The second-order valence-corrected chi connectivity index (χ2v) is 12.1. The zero-order valence-electron chi connectivity index (χ0n) is 26.6. The average molecular weight is 697 g/mol. The molecule has 10 nitrogen and oxygen atoms in total. The van der Waals surface area contributed by atoms with Gasteiger partial charge in [0.25, 0.3) is 0 Å². The molecule has 0 radical (unpaired) electrons. The lowest BCUT2D eigenvalue weighted by molar-refractivity contribution is 0.111. The molecule has 2 amide bonds. The van der Waals surface area contributed by atoms with E-state index in [9.17, 15) is 29.4 Å². The molecule has 0 aliphatic rings. The lowest BCUT2D eigenvalue weighted by Crippen LogP contribution is -2.16. The van der Waals surface area contributed by atoms with Gasteiger partial charge in [0.15, 0.2) is 0 Å². The fourth-order valence-electron chi connectivity index (χ4n) is 5.04. The monoisotopic (exact) mass is 696 g/mol. The molecule has 6 aromatic carbocycles. The molecule has 0 bridgehead atoms. The number of ether oxygens (including phenoxy) is 2. The number of nitrogens with one attached hydrogen (secondary N) is 2. The Balaban J connectivity index is 1.30. The predicted molar refractivity (Wildman–Crippen MR) is 194 cm³/mol. The molecule has 0 saturated carbocycles. The largest absolute Gasteiger partial charge is 0.508 e. The van der Waals surface area contributed by atoms with Crippen molar-refractivity contribution in [3.05, 3.63) is 145 Å². The van der Waals surface area contributed by atoms with E-state index in [1.54, 1.807) is 60.7 Å². The molecular formula is C40H28N2O8S. The van der Waals surface area contributed by atoms with Crippen molar-refractivity contribution in [1.29, 1.82) is 0 Å². The van der Waals surface area contributed by atoms with Crippen molar-refractivity contribution in [1.82, 2.24) is 0 Å².